The average molecular weight is 476 g/mol. The zero-order valence-corrected chi connectivity index (χ0v) is 19.6. The second kappa shape index (κ2) is 10.4. The predicted molar refractivity (Wildman–Crippen MR) is 132 cm³/mol. The summed E-state index contributed by atoms with van der Waals surface area (Å²) in [5.41, 5.74) is 1.32. The Bertz CT molecular complexity index is 1200. The number of esters is 1. The Balaban J connectivity index is 1.46. The van der Waals surface area contributed by atoms with E-state index in [9.17, 15) is 14.9 Å². The Hall–Kier alpha value is -3.45. The first-order valence-corrected chi connectivity index (χ1v) is 12.4. The first-order chi connectivity index (χ1) is 17.1. The third-order valence-electron chi connectivity index (χ3n) is 6.97. The molecule has 0 bridgehead atoms. The van der Waals surface area contributed by atoms with Gasteiger partial charge in [-0.05, 0) is 61.1 Å². The summed E-state index contributed by atoms with van der Waals surface area (Å²) in [4.78, 5) is 23.5. The van der Waals surface area contributed by atoms with Crippen LogP contribution in [0.25, 0.3) is 10.8 Å². The van der Waals surface area contributed by atoms with Crippen LogP contribution in [0, 0.1) is 10.1 Å². The Labute approximate surface area is 204 Å². The molecule has 182 valence electrons. The molecular weight excluding hydrogens is 446 g/mol. The summed E-state index contributed by atoms with van der Waals surface area (Å²) in [5.74, 6) is 0.310. The van der Waals surface area contributed by atoms with Gasteiger partial charge < -0.3 is 14.2 Å². The second-order valence-corrected chi connectivity index (χ2v) is 9.25. The molecule has 0 amide bonds. The summed E-state index contributed by atoms with van der Waals surface area (Å²) >= 11 is 0. The van der Waals surface area contributed by atoms with E-state index in [2.05, 4.69) is 18.2 Å². The summed E-state index contributed by atoms with van der Waals surface area (Å²) in [6, 6.07) is 17.9. The van der Waals surface area contributed by atoms with Crippen LogP contribution in [0.4, 0.5) is 5.69 Å². The highest BCUT2D eigenvalue weighted by atomic mass is 16.7. The molecule has 2 fully saturated rings. The molecule has 0 aromatic heterocycles. The summed E-state index contributed by atoms with van der Waals surface area (Å²) < 4.78 is 18.3. The Morgan fingerprint density at radius 3 is 2.46 bits per heavy atom. The van der Waals surface area contributed by atoms with Gasteiger partial charge in [0.1, 0.15) is 11.9 Å². The van der Waals surface area contributed by atoms with Gasteiger partial charge in [0, 0.05) is 30.0 Å². The van der Waals surface area contributed by atoms with E-state index < -0.39 is 10.9 Å². The maximum absolute atomic E-state index is 13.0. The van der Waals surface area contributed by atoms with Gasteiger partial charge in [-0.15, -0.1) is 0 Å². The number of nitro benzene ring substituents is 1. The number of non-ortho nitro benzene ring substituents is 1. The fourth-order valence-electron chi connectivity index (χ4n) is 5.20. The van der Waals surface area contributed by atoms with Crippen LogP contribution >= 0.6 is 0 Å². The highest BCUT2D eigenvalue weighted by Crippen LogP contribution is 2.44. The van der Waals surface area contributed by atoms with Crippen molar-refractivity contribution in [3.63, 3.8) is 0 Å². The van der Waals surface area contributed by atoms with Gasteiger partial charge in [0.15, 0.2) is 6.29 Å². The van der Waals surface area contributed by atoms with Gasteiger partial charge in [0.25, 0.3) is 5.69 Å². The van der Waals surface area contributed by atoms with Gasteiger partial charge >= 0.3 is 5.97 Å². The Morgan fingerprint density at radius 1 is 0.914 bits per heavy atom. The van der Waals surface area contributed by atoms with E-state index in [0.29, 0.717) is 12.2 Å². The smallest absolute Gasteiger partial charge is 0.338 e. The lowest BCUT2D eigenvalue weighted by Gasteiger charge is -2.34. The molecule has 3 aromatic carbocycles. The second-order valence-electron chi connectivity index (χ2n) is 9.25. The number of benzene rings is 3. The highest BCUT2D eigenvalue weighted by Gasteiger charge is 2.34. The van der Waals surface area contributed by atoms with Crippen molar-refractivity contribution in [1.82, 2.24) is 0 Å². The van der Waals surface area contributed by atoms with Crippen LogP contribution in [0.2, 0.25) is 0 Å². The van der Waals surface area contributed by atoms with Gasteiger partial charge in [0.05, 0.1) is 17.1 Å². The molecule has 1 aliphatic heterocycles. The quantitative estimate of drug-likeness (QED) is 0.229. The van der Waals surface area contributed by atoms with Gasteiger partial charge in [0.2, 0.25) is 0 Å². The number of rotatable bonds is 6. The minimum atomic E-state index is -0.482. The van der Waals surface area contributed by atoms with Crippen LogP contribution in [0.15, 0.2) is 60.7 Å². The van der Waals surface area contributed by atoms with Gasteiger partial charge in [-0.1, -0.05) is 36.8 Å². The molecular formula is C28H29NO6. The number of hydrogen-bond acceptors (Lipinski definition) is 6. The SMILES string of the molecule is O=C(O[C@@H]1CCCC[C@@H]1c1c(O[C@@H]2CCCCO2)ccc2ccccc12)c1ccc([N+](=O)[O-])cc1. The normalized spacial score (nSPS) is 22.5. The number of nitrogens with zero attached hydrogens (tertiary/aromatic N) is 1. The minimum absolute atomic E-state index is 0.0181. The lowest BCUT2D eigenvalue weighted by Crippen LogP contribution is -2.30. The van der Waals surface area contributed by atoms with E-state index in [0.717, 1.165) is 67.0 Å². The maximum atomic E-state index is 13.0. The summed E-state index contributed by atoms with van der Waals surface area (Å²) in [5, 5.41) is 13.2. The molecule has 0 spiro atoms. The molecule has 1 heterocycles. The fraction of sp³-hybridized carbons (Fsp3) is 0.393. The molecule has 5 rings (SSSR count). The molecule has 0 N–H and O–H groups in total. The molecule has 3 aromatic rings. The van der Waals surface area contributed by atoms with Crippen molar-refractivity contribution in [2.45, 2.75) is 63.3 Å². The molecule has 0 radical (unpaired) electrons. The van der Waals surface area contributed by atoms with Crippen LogP contribution in [0.1, 0.15) is 66.8 Å². The minimum Gasteiger partial charge on any atom is -0.465 e. The maximum Gasteiger partial charge on any atom is 0.338 e. The monoisotopic (exact) mass is 475 g/mol. The Kier molecular flexibility index (Phi) is 6.95. The van der Waals surface area contributed by atoms with Crippen LogP contribution in [0.3, 0.4) is 0 Å². The lowest BCUT2D eigenvalue weighted by molar-refractivity contribution is -0.384. The molecule has 7 nitrogen and oxygen atoms in total. The topological polar surface area (TPSA) is 87.9 Å². The number of hydrogen-bond donors (Lipinski definition) is 0. The van der Waals surface area contributed by atoms with Crippen LogP contribution in [-0.2, 0) is 9.47 Å². The predicted octanol–water partition coefficient (Wildman–Crippen LogP) is 6.54. The van der Waals surface area contributed by atoms with Crippen molar-refractivity contribution in [3.05, 3.63) is 81.9 Å². The van der Waals surface area contributed by atoms with Gasteiger partial charge in [-0.25, -0.2) is 4.79 Å². The molecule has 3 atom stereocenters. The van der Waals surface area contributed by atoms with E-state index in [4.69, 9.17) is 14.2 Å². The van der Waals surface area contributed by atoms with Crippen molar-refractivity contribution in [3.8, 4) is 5.75 Å². The van der Waals surface area contributed by atoms with Crippen molar-refractivity contribution in [2.24, 2.45) is 0 Å². The molecule has 1 aliphatic carbocycles. The number of carbonyl (C=O) groups excluding carboxylic acids is 1. The fourth-order valence-corrected chi connectivity index (χ4v) is 5.20. The number of carbonyl (C=O) groups is 1. The van der Waals surface area contributed by atoms with Crippen LogP contribution in [-0.4, -0.2) is 29.9 Å². The first-order valence-electron chi connectivity index (χ1n) is 12.4. The molecule has 0 unspecified atom stereocenters. The van der Waals surface area contributed by atoms with E-state index in [1.54, 1.807) is 0 Å². The number of nitro groups is 1. The van der Waals surface area contributed by atoms with Crippen molar-refractivity contribution in [1.29, 1.82) is 0 Å². The summed E-state index contributed by atoms with van der Waals surface area (Å²) in [6.45, 7) is 0.701. The Morgan fingerprint density at radius 2 is 1.69 bits per heavy atom. The zero-order chi connectivity index (χ0) is 24.2. The standard InChI is InChI=1S/C28H29NO6/c30-28(20-12-15-21(16-13-20)29(31)32)35-24-10-4-3-9-23(24)27-22-8-2-1-7-19(22)14-17-25(27)34-26-11-5-6-18-33-26/h1-2,7-8,12-17,23-24,26H,3-6,9-11,18H2/t23-,24+,26+/m0/s1. The molecule has 7 heteroatoms. The third kappa shape index (κ3) is 5.15. The van der Waals surface area contributed by atoms with Crippen LogP contribution < -0.4 is 4.74 Å². The first kappa shape index (κ1) is 23.3. The molecule has 2 aliphatic rings. The molecule has 1 saturated heterocycles. The van der Waals surface area contributed by atoms with Crippen molar-refractivity contribution < 1.29 is 23.9 Å². The summed E-state index contributed by atoms with van der Waals surface area (Å²) in [7, 11) is 0. The lowest BCUT2D eigenvalue weighted by atomic mass is 9.79. The van der Waals surface area contributed by atoms with E-state index >= 15 is 0 Å². The average Bonchev–Trinajstić information content (AvgIpc) is 2.90. The molecule has 1 saturated carbocycles. The molecule has 35 heavy (non-hydrogen) atoms. The largest absolute Gasteiger partial charge is 0.465 e. The van der Waals surface area contributed by atoms with Crippen molar-refractivity contribution >= 4 is 22.4 Å². The number of ether oxygens (including phenoxy) is 3. The van der Waals surface area contributed by atoms with E-state index in [1.807, 2.05) is 18.2 Å². The number of fused-ring (bicyclic) bond motifs is 1. The van der Waals surface area contributed by atoms with E-state index in [1.165, 1.54) is 24.3 Å². The van der Waals surface area contributed by atoms with Crippen molar-refractivity contribution in [2.75, 3.05) is 6.61 Å². The zero-order valence-electron chi connectivity index (χ0n) is 19.6. The summed E-state index contributed by atoms with van der Waals surface area (Å²) in [6.07, 6.45) is 6.05. The van der Waals surface area contributed by atoms with Crippen LogP contribution in [0.5, 0.6) is 5.75 Å². The highest BCUT2D eigenvalue weighted by molar-refractivity contribution is 5.90. The van der Waals surface area contributed by atoms with Gasteiger partial charge in [-0.2, -0.15) is 0 Å². The third-order valence-corrected chi connectivity index (χ3v) is 6.97. The van der Waals surface area contributed by atoms with E-state index in [-0.39, 0.29) is 24.0 Å². The van der Waals surface area contributed by atoms with Gasteiger partial charge in [-0.3, -0.25) is 10.1 Å².